The fourth-order valence-electron chi connectivity index (χ4n) is 4.07. The monoisotopic (exact) mass is 500 g/mol. The third-order valence-electron chi connectivity index (χ3n) is 5.86. The van der Waals surface area contributed by atoms with E-state index in [-0.39, 0.29) is 4.90 Å². The number of nitrogens with one attached hydrogen (secondary N) is 2. The minimum Gasteiger partial charge on any atom is -0.378 e. The van der Waals surface area contributed by atoms with Gasteiger partial charge < -0.3 is 4.90 Å². The van der Waals surface area contributed by atoms with Crippen LogP contribution in [0.25, 0.3) is 22.5 Å². The van der Waals surface area contributed by atoms with E-state index in [2.05, 4.69) is 20.7 Å². The molecule has 2 N–H and O–H groups in total. The lowest BCUT2D eigenvalue weighted by Gasteiger charge is -2.29. The van der Waals surface area contributed by atoms with Gasteiger partial charge in [-0.3, -0.25) is 14.2 Å². The second kappa shape index (κ2) is 9.31. The molecule has 0 saturated carbocycles. The number of nitrogens with zero attached hydrogens (tertiary/aromatic N) is 4. The van der Waals surface area contributed by atoms with Gasteiger partial charge in [0.2, 0.25) is 0 Å². The first kappa shape index (κ1) is 23.3. The molecule has 5 rings (SSSR count). The van der Waals surface area contributed by atoms with Crippen LogP contribution >= 0.6 is 0 Å². The van der Waals surface area contributed by atoms with Gasteiger partial charge in [-0.25, -0.2) is 13.8 Å². The molecule has 1 aliphatic rings. The number of sulfonamides is 1. The smallest absolute Gasteiger partial charge is 0.265 e. The maximum absolute atomic E-state index is 13.6. The summed E-state index contributed by atoms with van der Waals surface area (Å²) in [7, 11) is -0.127. The van der Waals surface area contributed by atoms with Crippen molar-refractivity contribution in [3.63, 3.8) is 0 Å². The number of hydrogen-bond donors (Lipinski definition) is 2. The van der Waals surface area contributed by atoms with Crippen LogP contribution in [0.15, 0.2) is 88.9 Å². The lowest BCUT2D eigenvalue weighted by atomic mass is 10.1. The molecule has 0 radical (unpaired) electrons. The summed E-state index contributed by atoms with van der Waals surface area (Å²) in [5.74, 6) is -0.578. The summed E-state index contributed by atoms with van der Waals surface area (Å²) in [5.41, 5.74) is 6.84. The zero-order valence-electron chi connectivity index (χ0n) is 19.7. The topological polar surface area (TPSA) is 111 Å². The van der Waals surface area contributed by atoms with Crippen molar-refractivity contribution in [2.75, 3.05) is 29.8 Å². The molecular weight excluding hydrogens is 476 g/mol. The number of benzene rings is 3. The molecule has 0 aliphatic carbocycles. The third kappa shape index (κ3) is 4.22. The van der Waals surface area contributed by atoms with E-state index in [1.54, 1.807) is 18.2 Å². The van der Waals surface area contributed by atoms with Gasteiger partial charge in [-0.2, -0.15) is 10.2 Å². The number of hydrogen-bond acceptors (Lipinski definition) is 6. The summed E-state index contributed by atoms with van der Waals surface area (Å²) in [6, 6.07) is 23.5. The molecule has 0 bridgehead atoms. The average Bonchev–Trinajstić information content (AvgIpc) is 3.32. The molecule has 9 nitrogen and oxygen atoms in total. The number of H-pyrrole nitrogens is 1. The molecule has 0 atom stereocenters. The normalized spacial score (nSPS) is 13.8. The number of aromatic amines is 1. The average molecular weight is 501 g/mol. The second-order valence-electron chi connectivity index (χ2n) is 8.45. The quantitative estimate of drug-likeness (QED) is 0.311. The van der Waals surface area contributed by atoms with Crippen LogP contribution in [0, 0.1) is 0 Å². The van der Waals surface area contributed by atoms with Gasteiger partial charge in [0.15, 0.2) is 0 Å². The first-order chi connectivity index (χ1) is 17.4. The number of hydrazone groups is 1. The summed E-state index contributed by atoms with van der Waals surface area (Å²) in [6.45, 7) is -0.458. The zero-order valence-corrected chi connectivity index (χ0v) is 20.5. The molecule has 182 valence electrons. The standard InChI is InChI=1S/C26H24N6O3S/c1-31(2)20-14-12-18(13-15-20)16-27-28-23(33)17-32-26-24(19-8-4-3-5-9-19)29-30-25(26)21-10-6-7-11-22(21)36(32,34)35/h3-16H,17H2,1-2H3,(H,28,33)(H,29,30)/b27-16+. The Morgan fingerprint density at radius 1 is 1.03 bits per heavy atom. The van der Waals surface area contributed by atoms with Crippen molar-refractivity contribution in [3.05, 3.63) is 84.4 Å². The Kier molecular flexibility index (Phi) is 6.03. The van der Waals surface area contributed by atoms with Crippen LogP contribution in [0.2, 0.25) is 0 Å². The molecule has 0 fully saturated rings. The van der Waals surface area contributed by atoms with Crippen molar-refractivity contribution in [2.24, 2.45) is 5.10 Å². The number of fused-ring (bicyclic) bond motifs is 3. The minimum absolute atomic E-state index is 0.109. The van der Waals surface area contributed by atoms with Gasteiger partial charge >= 0.3 is 0 Å². The predicted molar refractivity (Wildman–Crippen MR) is 140 cm³/mol. The molecule has 0 spiro atoms. The van der Waals surface area contributed by atoms with Gasteiger partial charge in [0.1, 0.15) is 17.9 Å². The van der Waals surface area contributed by atoms with E-state index >= 15 is 0 Å². The molecule has 0 saturated heterocycles. The predicted octanol–water partition coefficient (Wildman–Crippen LogP) is 3.47. The van der Waals surface area contributed by atoms with Crippen molar-refractivity contribution in [1.29, 1.82) is 0 Å². The number of carbonyl (C=O) groups excluding carboxylic acids is 1. The molecule has 1 amide bonds. The number of amides is 1. The minimum atomic E-state index is -4.03. The van der Waals surface area contributed by atoms with Gasteiger partial charge in [-0.15, -0.1) is 0 Å². The van der Waals surface area contributed by atoms with Crippen molar-refractivity contribution in [2.45, 2.75) is 4.90 Å². The lowest BCUT2D eigenvalue weighted by Crippen LogP contribution is -2.41. The molecule has 4 aromatic rings. The van der Waals surface area contributed by atoms with E-state index < -0.39 is 22.5 Å². The number of aromatic nitrogens is 2. The molecule has 2 heterocycles. The summed E-state index contributed by atoms with van der Waals surface area (Å²) < 4.78 is 28.3. The van der Waals surface area contributed by atoms with Crippen LogP contribution in [0.5, 0.6) is 0 Å². The molecule has 0 unspecified atom stereocenters. The Balaban J connectivity index is 1.45. The Labute approximate surface area is 209 Å². The van der Waals surface area contributed by atoms with E-state index in [0.29, 0.717) is 22.6 Å². The molecule has 36 heavy (non-hydrogen) atoms. The Morgan fingerprint density at radius 3 is 2.44 bits per heavy atom. The summed E-state index contributed by atoms with van der Waals surface area (Å²) in [4.78, 5) is 14.9. The SMILES string of the molecule is CN(C)c1ccc(/C=N/NC(=O)CN2c3c(-c4ccccc4)n[nH]c3-c3ccccc3S2(=O)=O)cc1. The van der Waals surface area contributed by atoms with Crippen LogP contribution in [0.3, 0.4) is 0 Å². The highest BCUT2D eigenvalue weighted by molar-refractivity contribution is 7.93. The van der Waals surface area contributed by atoms with E-state index in [1.165, 1.54) is 12.3 Å². The van der Waals surface area contributed by atoms with Crippen molar-refractivity contribution >= 4 is 33.5 Å². The second-order valence-corrected chi connectivity index (χ2v) is 10.3. The maximum Gasteiger partial charge on any atom is 0.265 e. The summed E-state index contributed by atoms with van der Waals surface area (Å²) in [5, 5.41) is 11.4. The number of carbonyl (C=O) groups is 1. The van der Waals surface area contributed by atoms with Gasteiger partial charge in [0, 0.05) is 30.9 Å². The van der Waals surface area contributed by atoms with Gasteiger partial charge in [-0.05, 0) is 23.8 Å². The van der Waals surface area contributed by atoms with Crippen LogP contribution in [0.1, 0.15) is 5.56 Å². The molecular formula is C26H24N6O3S. The van der Waals surface area contributed by atoms with E-state index in [1.807, 2.05) is 73.6 Å². The summed E-state index contributed by atoms with van der Waals surface area (Å²) in [6.07, 6.45) is 1.51. The molecule has 1 aliphatic heterocycles. The first-order valence-electron chi connectivity index (χ1n) is 11.2. The maximum atomic E-state index is 13.6. The highest BCUT2D eigenvalue weighted by Crippen LogP contribution is 2.46. The van der Waals surface area contributed by atoms with Crippen LogP contribution < -0.4 is 14.6 Å². The van der Waals surface area contributed by atoms with E-state index in [0.717, 1.165) is 21.1 Å². The van der Waals surface area contributed by atoms with Crippen LogP contribution in [0.4, 0.5) is 11.4 Å². The van der Waals surface area contributed by atoms with Crippen molar-refractivity contribution in [3.8, 4) is 22.5 Å². The highest BCUT2D eigenvalue weighted by Gasteiger charge is 2.39. The van der Waals surface area contributed by atoms with Gasteiger partial charge in [-0.1, -0.05) is 60.7 Å². The fraction of sp³-hybridized carbons (Fsp3) is 0.115. The zero-order chi connectivity index (χ0) is 25.3. The van der Waals surface area contributed by atoms with E-state index in [9.17, 15) is 13.2 Å². The summed E-state index contributed by atoms with van der Waals surface area (Å²) >= 11 is 0. The molecule has 3 aromatic carbocycles. The van der Waals surface area contributed by atoms with Gasteiger partial charge in [0.25, 0.3) is 15.9 Å². The highest BCUT2D eigenvalue weighted by atomic mass is 32.2. The molecule has 1 aromatic heterocycles. The van der Waals surface area contributed by atoms with Crippen LogP contribution in [-0.2, 0) is 14.8 Å². The van der Waals surface area contributed by atoms with Gasteiger partial charge in [0.05, 0.1) is 16.8 Å². The number of anilines is 2. The van der Waals surface area contributed by atoms with Crippen molar-refractivity contribution < 1.29 is 13.2 Å². The fourth-order valence-corrected chi connectivity index (χ4v) is 5.71. The Hall–Kier alpha value is -4.44. The largest absolute Gasteiger partial charge is 0.378 e. The third-order valence-corrected chi connectivity index (χ3v) is 7.67. The van der Waals surface area contributed by atoms with E-state index in [4.69, 9.17) is 0 Å². The number of rotatable bonds is 6. The Morgan fingerprint density at radius 2 is 1.72 bits per heavy atom. The molecule has 10 heteroatoms. The lowest BCUT2D eigenvalue weighted by molar-refractivity contribution is -0.119. The van der Waals surface area contributed by atoms with Crippen molar-refractivity contribution in [1.82, 2.24) is 15.6 Å². The first-order valence-corrected chi connectivity index (χ1v) is 12.7. The van der Waals surface area contributed by atoms with Crippen LogP contribution in [-0.4, -0.2) is 51.4 Å². The Bertz CT molecular complexity index is 1530.